The van der Waals surface area contributed by atoms with E-state index in [-0.39, 0.29) is 11.6 Å². The van der Waals surface area contributed by atoms with E-state index < -0.39 is 0 Å². The van der Waals surface area contributed by atoms with Crippen LogP contribution in [-0.4, -0.2) is 5.78 Å². The zero-order chi connectivity index (χ0) is 10.6. The lowest BCUT2D eigenvalue weighted by Gasteiger charge is -2.02. The Balaban J connectivity index is 2.72. The SMILES string of the molecule is CCCC(=O)Cc1ccc(F)cc1Cl. The second-order valence-corrected chi connectivity index (χ2v) is 3.61. The van der Waals surface area contributed by atoms with Crippen molar-refractivity contribution in [2.24, 2.45) is 0 Å². The van der Waals surface area contributed by atoms with Crippen molar-refractivity contribution < 1.29 is 9.18 Å². The molecular weight excluding hydrogens is 203 g/mol. The first kappa shape index (κ1) is 11.2. The van der Waals surface area contributed by atoms with Crippen molar-refractivity contribution in [1.82, 2.24) is 0 Å². The van der Waals surface area contributed by atoms with Crippen LogP contribution in [0.5, 0.6) is 0 Å². The van der Waals surface area contributed by atoms with Gasteiger partial charge in [0.15, 0.2) is 0 Å². The van der Waals surface area contributed by atoms with Crippen LogP contribution >= 0.6 is 11.6 Å². The van der Waals surface area contributed by atoms with Crippen molar-refractivity contribution in [2.45, 2.75) is 26.2 Å². The van der Waals surface area contributed by atoms with Gasteiger partial charge in [-0.2, -0.15) is 0 Å². The molecule has 1 nitrogen and oxygen atoms in total. The van der Waals surface area contributed by atoms with E-state index in [0.717, 1.165) is 6.42 Å². The highest BCUT2D eigenvalue weighted by Gasteiger charge is 2.06. The molecule has 0 aliphatic carbocycles. The molecular formula is C11H12ClFO. The fourth-order valence-corrected chi connectivity index (χ4v) is 1.48. The lowest BCUT2D eigenvalue weighted by atomic mass is 10.1. The molecule has 0 saturated carbocycles. The Labute approximate surface area is 87.9 Å². The molecule has 0 fully saturated rings. The van der Waals surface area contributed by atoms with Crippen molar-refractivity contribution in [3.8, 4) is 0 Å². The van der Waals surface area contributed by atoms with E-state index in [1.54, 1.807) is 6.07 Å². The number of ketones is 1. The monoisotopic (exact) mass is 214 g/mol. The standard InChI is InChI=1S/C11H12ClFO/c1-2-3-10(14)6-8-4-5-9(13)7-11(8)12/h4-5,7H,2-3,6H2,1H3. The first-order chi connectivity index (χ1) is 6.63. The lowest BCUT2D eigenvalue weighted by Crippen LogP contribution is -2.02. The van der Waals surface area contributed by atoms with E-state index in [2.05, 4.69) is 0 Å². The third kappa shape index (κ3) is 3.11. The quantitative estimate of drug-likeness (QED) is 0.751. The van der Waals surface area contributed by atoms with Crippen LogP contribution in [0.1, 0.15) is 25.3 Å². The molecule has 0 aliphatic rings. The average Bonchev–Trinajstić information content (AvgIpc) is 2.10. The fraction of sp³-hybridized carbons (Fsp3) is 0.364. The summed E-state index contributed by atoms with van der Waals surface area (Å²) in [6.45, 7) is 1.95. The highest BCUT2D eigenvalue weighted by Crippen LogP contribution is 2.18. The predicted molar refractivity (Wildman–Crippen MR) is 55.0 cm³/mol. The maximum atomic E-state index is 12.7. The summed E-state index contributed by atoms with van der Waals surface area (Å²) in [5.74, 6) is -0.234. The molecule has 14 heavy (non-hydrogen) atoms. The second-order valence-electron chi connectivity index (χ2n) is 3.20. The summed E-state index contributed by atoms with van der Waals surface area (Å²) >= 11 is 5.78. The van der Waals surface area contributed by atoms with Crippen molar-refractivity contribution in [2.75, 3.05) is 0 Å². The Hall–Kier alpha value is -0.890. The van der Waals surface area contributed by atoms with Gasteiger partial charge in [0.2, 0.25) is 0 Å². The van der Waals surface area contributed by atoms with Gasteiger partial charge in [-0.3, -0.25) is 4.79 Å². The molecule has 0 N–H and O–H groups in total. The van der Waals surface area contributed by atoms with Crippen LogP contribution < -0.4 is 0 Å². The largest absolute Gasteiger partial charge is 0.299 e. The van der Waals surface area contributed by atoms with Crippen LogP contribution in [0.4, 0.5) is 4.39 Å². The maximum absolute atomic E-state index is 12.7. The molecule has 0 saturated heterocycles. The summed E-state index contributed by atoms with van der Waals surface area (Å²) in [7, 11) is 0. The molecule has 1 rings (SSSR count). The minimum Gasteiger partial charge on any atom is -0.299 e. The number of rotatable bonds is 4. The number of hydrogen-bond acceptors (Lipinski definition) is 1. The average molecular weight is 215 g/mol. The molecule has 0 aliphatic heterocycles. The van der Waals surface area contributed by atoms with Crippen LogP contribution in [0, 0.1) is 5.82 Å². The lowest BCUT2D eigenvalue weighted by molar-refractivity contribution is -0.118. The smallest absolute Gasteiger partial charge is 0.137 e. The molecule has 0 radical (unpaired) electrons. The number of benzene rings is 1. The van der Waals surface area contributed by atoms with Gasteiger partial charge in [-0.25, -0.2) is 4.39 Å². The van der Waals surface area contributed by atoms with Gasteiger partial charge < -0.3 is 0 Å². The Bertz CT molecular complexity index is 336. The van der Waals surface area contributed by atoms with Crippen LogP contribution in [-0.2, 0) is 11.2 Å². The predicted octanol–water partition coefficient (Wildman–Crippen LogP) is 3.39. The second kappa shape index (κ2) is 5.11. The van der Waals surface area contributed by atoms with Crippen LogP contribution in [0.3, 0.4) is 0 Å². The topological polar surface area (TPSA) is 17.1 Å². The van der Waals surface area contributed by atoms with Crippen LogP contribution in [0.2, 0.25) is 5.02 Å². The number of carbonyl (C=O) groups excluding carboxylic acids is 1. The number of hydrogen-bond donors (Lipinski definition) is 0. The molecule has 0 spiro atoms. The number of carbonyl (C=O) groups is 1. The summed E-state index contributed by atoms with van der Waals surface area (Å²) in [6.07, 6.45) is 1.68. The summed E-state index contributed by atoms with van der Waals surface area (Å²) in [5.41, 5.74) is 0.700. The molecule has 0 heterocycles. The minimum absolute atomic E-state index is 0.140. The van der Waals surface area contributed by atoms with Gasteiger partial charge in [0.25, 0.3) is 0 Å². The summed E-state index contributed by atoms with van der Waals surface area (Å²) in [6, 6.07) is 4.11. The first-order valence-corrected chi connectivity index (χ1v) is 4.97. The summed E-state index contributed by atoms with van der Waals surface area (Å²) in [4.78, 5) is 11.3. The van der Waals surface area contributed by atoms with Crippen molar-refractivity contribution in [1.29, 1.82) is 0 Å². The van der Waals surface area contributed by atoms with Gasteiger partial charge in [0, 0.05) is 17.9 Å². The van der Waals surface area contributed by atoms with Crippen molar-refractivity contribution in [3.05, 3.63) is 34.6 Å². The number of halogens is 2. The molecule has 1 aromatic carbocycles. The molecule has 0 unspecified atom stereocenters. The van der Waals surface area contributed by atoms with E-state index in [0.29, 0.717) is 23.4 Å². The Morgan fingerprint density at radius 1 is 1.50 bits per heavy atom. The molecule has 0 amide bonds. The van der Waals surface area contributed by atoms with E-state index in [1.807, 2.05) is 6.92 Å². The normalized spacial score (nSPS) is 10.2. The van der Waals surface area contributed by atoms with E-state index in [9.17, 15) is 9.18 Å². The zero-order valence-electron chi connectivity index (χ0n) is 8.02. The van der Waals surface area contributed by atoms with Gasteiger partial charge in [-0.05, 0) is 24.1 Å². The summed E-state index contributed by atoms with van der Waals surface area (Å²) in [5, 5.41) is 0.328. The van der Waals surface area contributed by atoms with Gasteiger partial charge >= 0.3 is 0 Å². The molecule has 0 aromatic heterocycles. The number of Topliss-reactive ketones (excluding diaryl/α,β-unsaturated/α-hetero) is 1. The first-order valence-electron chi connectivity index (χ1n) is 4.59. The highest BCUT2D eigenvalue weighted by atomic mass is 35.5. The molecule has 1 aromatic rings. The van der Waals surface area contributed by atoms with Crippen molar-refractivity contribution in [3.63, 3.8) is 0 Å². The van der Waals surface area contributed by atoms with Gasteiger partial charge in [0.05, 0.1) is 0 Å². The molecule has 0 bridgehead atoms. The summed E-state index contributed by atoms with van der Waals surface area (Å²) < 4.78 is 12.7. The zero-order valence-corrected chi connectivity index (χ0v) is 8.77. The Kier molecular flexibility index (Phi) is 4.08. The Morgan fingerprint density at radius 2 is 2.21 bits per heavy atom. The third-order valence-electron chi connectivity index (χ3n) is 1.93. The molecule has 76 valence electrons. The molecule has 3 heteroatoms. The van der Waals surface area contributed by atoms with E-state index in [1.165, 1.54) is 12.1 Å². The van der Waals surface area contributed by atoms with E-state index >= 15 is 0 Å². The van der Waals surface area contributed by atoms with Gasteiger partial charge in [-0.15, -0.1) is 0 Å². The third-order valence-corrected chi connectivity index (χ3v) is 2.28. The minimum atomic E-state index is -0.373. The maximum Gasteiger partial charge on any atom is 0.137 e. The molecule has 0 atom stereocenters. The van der Waals surface area contributed by atoms with Crippen molar-refractivity contribution >= 4 is 17.4 Å². The van der Waals surface area contributed by atoms with E-state index in [4.69, 9.17) is 11.6 Å². The van der Waals surface area contributed by atoms with Crippen LogP contribution in [0.15, 0.2) is 18.2 Å². The van der Waals surface area contributed by atoms with Gasteiger partial charge in [0.1, 0.15) is 11.6 Å². The fourth-order valence-electron chi connectivity index (χ4n) is 1.24. The van der Waals surface area contributed by atoms with Crippen LogP contribution in [0.25, 0.3) is 0 Å². The van der Waals surface area contributed by atoms with Gasteiger partial charge in [-0.1, -0.05) is 24.6 Å². The Morgan fingerprint density at radius 3 is 2.79 bits per heavy atom. The highest BCUT2D eigenvalue weighted by molar-refractivity contribution is 6.31.